The molecule has 2 aromatic carbocycles. The van der Waals surface area contributed by atoms with Crippen LogP contribution in [0.15, 0.2) is 41.1 Å². The second-order valence-electron chi connectivity index (χ2n) is 4.64. The number of anilines is 2. The summed E-state index contributed by atoms with van der Waals surface area (Å²) in [6.45, 7) is 1.72. The third kappa shape index (κ3) is 2.52. The van der Waals surface area contributed by atoms with Crippen molar-refractivity contribution in [2.75, 3.05) is 5.32 Å². The predicted octanol–water partition coefficient (Wildman–Crippen LogP) is 4.21. The molecule has 0 radical (unpaired) electrons. The molecule has 0 spiro atoms. The highest BCUT2D eigenvalue weighted by Crippen LogP contribution is 2.33. The van der Waals surface area contributed by atoms with Gasteiger partial charge in [0.15, 0.2) is 11.6 Å². The molecule has 1 aromatic heterocycles. The largest absolute Gasteiger partial charge is 0.423 e. The van der Waals surface area contributed by atoms with Crippen LogP contribution in [-0.2, 0) is 0 Å². The number of aromatic nitrogens is 2. The van der Waals surface area contributed by atoms with Gasteiger partial charge in [-0.2, -0.15) is 0 Å². The van der Waals surface area contributed by atoms with Crippen molar-refractivity contribution < 1.29 is 17.6 Å². The minimum Gasteiger partial charge on any atom is -0.423 e. The number of aryl methyl sites for hydroxylation is 1. The van der Waals surface area contributed by atoms with E-state index in [-0.39, 0.29) is 22.8 Å². The molecule has 0 atom stereocenters. The van der Waals surface area contributed by atoms with Gasteiger partial charge in [0.1, 0.15) is 5.82 Å². The lowest BCUT2D eigenvalue weighted by molar-refractivity contribution is 0.510. The van der Waals surface area contributed by atoms with Crippen molar-refractivity contribution in [2.45, 2.75) is 6.92 Å². The normalized spacial score (nSPS) is 10.7. The van der Waals surface area contributed by atoms with Crippen LogP contribution in [0.5, 0.6) is 0 Å². The zero-order valence-corrected chi connectivity index (χ0v) is 11.4. The van der Waals surface area contributed by atoms with Crippen molar-refractivity contribution >= 4 is 11.4 Å². The Balaban J connectivity index is 2.11. The summed E-state index contributed by atoms with van der Waals surface area (Å²) in [6.07, 6.45) is 1.06. The maximum absolute atomic E-state index is 14.1. The summed E-state index contributed by atoms with van der Waals surface area (Å²) < 4.78 is 46.5. The van der Waals surface area contributed by atoms with E-state index in [4.69, 9.17) is 4.42 Å². The molecular weight excluding hydrogens is 295 g/mol. The Labute approximate surface area is 123 Å². The van der Waals surface area contributed by atoms with E-state index in [2.05, 4.69) is 15.5 Å². The molecule has 0 fully saturated rings. The van der Waals surface area contributed by atoms with E-state index in [1.807, 2.05) is 0 Å². The number of halogens is 3. The molecule has 1 heterocycles. The molecule has 0 bridgehead atoms. The molecule has 1 N–H and O–H groups in total. The number of hydrogen-bond acceptors (Lipinski definition) is 4. The van der Waals surface area contributed by atoms with Gasteiger partial charge in [0.05, 0.1) is 16.9 Å². The smallest absolute Gasteiger partial charge is 0.249 e. The van der Waals surface area contributed by atoms with Gasteiger partial charge in [-0.15, -0.1) is 10.2 Å². The first kappa shape index (κ1) is 14.1. The molecule has 7 heteroatoms. The van der Waals surface area contributed by atoms with Gasteiger partial charge in [0.2, 0.25) is 12.3 Å². The average molecular weight is 305 g/mol. The molecule has 0 aliphatic rings. The van der Waals surface area contributed by atoms with Crippen molar-refractivity contribution in [1.82, 2.24) is 10.2 Å². The molecule has 0 aliphatic heterocycles. The van der Waals surface area contributed by atoms with Crippen molar-refractivity contribution in [1.29, 1.82) is 0 Å². The third-order valence-corrected chi connectivity index (χ3v) is 3.07. The quantitative estimate of drug-likeness (QED) is 0.787. The van der Waals surface area contributed by atoms with Crippen LogP contribution in [0, 0.1) is 24.4 Å². The van der Waals surface area contributed by atoms with Gasteiger partial charge < -0.3 is 9.73 Å². The van der Waals surface area contributed by atoms with Gasteiger partial charge in [0.25, 0.3) is 0 Å². The summed E-state index contributed by atoms with van der Waals surface area (Å²) in [5.41, 5.74) is 0.583. The van der Waals surface area contributed by atoms with Crippen molar-refractivity contribution in [3.63, 3.8) is 0 Å². The lowest BCUT2D eigenvalue weighted by Crippen LogP contribution is -2.01. The van der Waals surface area contributed by atoms with E-state index in [0.717, 1.165) is 12.5 Å². The first-order valence-corrected chi connectivity index (χ1v) is 6.34. The van der Waals surface area contributed by atoms with Gasteiger partial charge in [0, 0.05) is 0 Å². The molecule has 0 unspecified atom stereocenters. The fraction of sp³-hybridized carbons (Fsp3) is 0.0667. The van der Waals surface area contributed by atoms with Gasteiger partial charge in [-0.1, -0.05) is 6.07 Å². The standard InChI is InChI=1S/C15H10F3N3O/c1-8-2-5-12(11(17)6-8)20-14-9(15-21-19-7-22-15)3-4-10(16)13(14)18/h2-7,20H,1H3. The maximum Gasteiger partial charge on any atom is 0.249 e. The Kier molecular flexibility index (Phi) is 3.54. The van der Waals surface area contributed by atoms with E-state index in [9.17, 15) is 13.2 Å². The minimum absolute atomic E-state index is 0.00563. The first-order chi connectivity index (χ1) is 10.6. The second kappa shape index (κ2) is 5.51. The first-order valence-electron chi connectivity index (χ1n) is 6.34. The zero-order chi connectivity index (χ0) is 15.7. The average Bonchev–Trinajstić information content (AvgIpc) is 3.00. The van der Waals surface area contributed by atoms with Crippen LogP contribution in [0.3, 0.4) is 0 Å². The third-order valence-electron chi connectivity index (χ3n) is 3.07. The lowest BCUT2D eigenvalue weighted by Gasteiger charge is -2.12. The highest BCUT2D eigenvalue weighted by Gasteiger charge is 2.19. The Bertz CT molecular complexity index is 819. The number of rotatable bonds is 3. The van der Waals surface area contributed by atoms with Gasteiger partial charge in [-0.3, -0.25) is 0 Å². The van der Waals surface area contributed by atoms with Crippen LogP contribution in [0.1, 0.15) is 5.56 Å². The van der Waals surface area contributed by atoms with Crippen LogP contribution in [0.4, 0.5) is 24.5 Å². The fourth-order valence-electron chi connectivity index (χ4n) is 2.00. The molecule has 3 aromatic rings. The number of nitrogens with one attached hydrogen (secondary N) is 1. The van der Waals surface area contributed by atoms with Gasteiger partial charge >= 0.3 is 0 Å². The van der Waals surface area contributed by atoms with E-state index in [0.29, 0.717) is 5.56 Å². The molecule has 0 saturated heterocycles. The molecule has 112 valence electrons. The van der Waals surface area contributed by atoms with Crippen LogP contribution in [-0.4, -0.2) is 10.2 Å². The number of hydrogen-bond donors (Lipinski definition) is 1. The fourth-order valence-corrected chi connectivity index (χ4v) is 2.00. The van der Waals surface area contributed by atoms with Gasteiger partial charge in [-0.05, 0) is 36.8 Å². The summed E-state index contributed by atoms with van der Waals surface area (Å²) in [4.78, 5) is 0. The molecule has 4 nitrogen and oxygen atoms in total. The molecule has 3 rings (SSSR count). The topological polar surface area (TPSA) is 51.0 Å². The molecular formula is C15H10F3N3O. The van der Waals surface area contributed by atoms with Crippen LogP contribution >= 0.6 is 0 Å². The van der Waals surface area contributed by atoms with Gasteiger partial charge in [-0.25, -0.2) is 13.2 Å². The summed E-state index contributed by atoms with van der Waals surface area (Å²) in [5, 5.41) is 9.70. The monoisotopic (exact) mass is 305 g/mol. The molecule has 0 amide bonds. The lowest BCUT2D eigenvalue weighted by atomic mass is 10.1. The van der Waals surface area contributed by atoms with Crippen LogP contribution in [0.25, 0.3) is 11.5 Å². The highest BCUT2D eigenvalue weighted by molar-refractivity contribution is 5.77. The Morgan fingerprint density at radius 3 is 2.55 bits per heavy atom. The maximum atomic E-state index is 14.1. The molecule has 0 aliphatic carbocycles. The van der Waals surface area contributed by atoms with E-state index in [1.165, 1.54) is 18.2 Å². The highest BCUT2D eigenvalue weighted by atomic mass is 19.2. The van der Waals surface area contributed by atoms with E-state index in [1.54, 1.807) is 13.0 Å². The van der Waals surface area contributed by atoms with E-state index < -0.39 is 17.5 Å². The Hall–Kier alpha value is -2.83. The Morgan fingerprint density at radius 2 is 1.86 bits per heavy atom. The molecule has 0 saturated carbocycles. The van der Waals surface area contributed by atoms with Crippen LogP contribution < -0.4 is 5.32 Å². The summed E-state index contributed by atoms with van der Waals surface area (Å²) in [5.74, 6) is -2.82. The zero-order valence-electron chi connectivity index (χ0n) is 11.4. The summed E-state index contributed by atoms with van der Waals surface area (Å²) in [6, 6.07) is 6.58. The summed E-state index contributed by atoms with van der Waals surface area (Å²) in [7, 11) is 0. The predicted molar refractivity (Wildman–Crippen MR) is 74.1 cm³/mol. The number of nitrogens with zero attached hydrogens (tertiary/aromatic N) is 2. The summed E-state index contributed by atoms with van der Waals surface area (Å²) >= 11 is 0. The Morgan fingerprint density at radius 1 is 1.05 bits per heavy atom. The van der Waals surface area contributed by atoms with Crippen molar-refractivity contribution in [2.24, 2.45) is 0 Å². The minimum atomic E-state index is -1.16. The second-order valence-corrected chi connectivity index (χ2v) is 4.64. The van der Waals surface area contributed by atoms with Crippen molar-refractivity contribution in [3.8, 4) is 11.5 Å². The molecule has 22 heavy (non-hydrogen) atoms. The SMILES string of the molecule is Cc1ccc(Nc2c(-c3nnco3)ccc(F)c2F)c(F)c1. The van der Waals surface area contributed by atoms with Crippen molar-refractivity contribution in [3.05, 3.63) is 59.7 Å². The van der Waals surface area contributed by atoms with Crippen LogP contribution in [0.2, 0.25) is 0 Å². The number of benzene rings is 2. The van der Waals surface area contributed by atoms with E-state index >= 15 is 0 Å².